The zero-order valence-corrected chi connectivity index (χ0v) is 9.61. The van der Waals surface area contributed by atoms with Crippen molar-refractivity contribution in [2.75, 3.05) is 13.1 Å². The highest BCUT2D eigenvalue weighted by Crippen LogP contribution is 2.34. The summed E-state index contributed by atoms with van der Waals surface area (Å²) in [6, 6.07) is 0. The minimum atomic E-state index is -4.04. The van der Waals surface area contributed by atoms with Gasteiger partial charge < -0.3 is 0 Å². The Morgan fingerprint density at radius 3 is 2.47 bits per heavy atom. The lowest BCUT2D eigenvalue weighted by Gasteiger charge is -2.32. The van der Waals surface area contributed by atoms with E-state index in [0.29, 0.717) is 19.6 Å². The van der Waals surface area contributed by atoms with Gasteiger partial charge in [-0.1, -0.05) is 0 Å². The van der Waals surface area contributed by atoms with Gasteiger partial charge in [-0.2, -0.15) is 18.3 Å². The maximum Gasteiger partial charge on any atom is 0.391 e. The first-order valence-corrected chi connectivity index (χ1v) is 5.59. The number of hydrogen-bond acceptors (Lipinski definition) is 3. The van der Waals surface area contributed by atoms with E-state index in [1.54, 1.807) is 11.7 Å². The highest BCUT2D eigenvalue weighted by molar-refractivity contribution is 4.86. The van der Waals surface area contributed by atoms with Gasteiger partial charge in [0.2, 0.25) is 0 Å². The topological polar surface area (TPSA) is 34.0 Å². The van der Waals surface area contributed by atoms with E-state index in [1.807, 2.05) is 4.90 Å². The Labute approximate surface area is 97.4 Å². The van der Waals surface area contributed by atoms with Gasteiger partial charge in [-0.3, -0.25) is 9.58 Å². The molecule has 0 spiro atoms. The van der Waals surface area contributed by atoms with E-state index in [0.717, 1.165) is 5.82 Å². The third-order valence-electron chi connectivity index (χ3n) is 3.22. The Balaban J connectivity index is 1.86. The number of nitrogens with zero attached hydrogens (tertiary/aromatic N) is 4. The first-order valence-electron chi connectivity index (χ1n) is 5.59. The lowest BCUT2D eigenvalue weighted by atomic mass is 9.96. The van der Waals surface area contributed by atoms with Gasteiger partial charge in [0, 0.05) is 7.05 Å². The fourth-order valence-electron chi connectivity index (χ4n) is 2.08. The number of alkyl halides is 3. The van der Waals surface area contributed by atoms with Crippen molar-refractivity contribution in [2.24, 2.45) is 13.0 Å². The molecule has 1 saturated heterocycles. The molecule has 0 amide bonds. The highest BCUT2D eigenvalue weighted by atomic mass is 19.4. The monoisotopic (exact) mass is 248 g/mol. The largest absolute Gasteiger partial charge is 0.391 e. The molecule has 2 heterocycles. The first kappa shape index (κ1) is 12.3. The molecule has 96 valence electrons. The maximum absolute atomic E-state index is 12.5. The van der Waals surface area contributed by atoms with Gasteiger partial charge in [0.25, 0.3) is 0 Å². The van der Waals surface area contributed by atoms with Gasteiger partial charge in [0.1, 0.15) is 12.2 Å². The summed E-state index contributed by atoms with van der Waals surface area (Å²) >= 11 is 0. The minimum Gasteiger partial charge on any atom is -0.296 e. The summed E-state index contributed by atoms with van der Waals surface area (Å²) in [6.45, 7) is 1.51. The number of aryl methyl sites for hydroxylation is 1. The zero-order valence-electron chi connectivity index (χ0n) is 9.61. The van der Waals surface area contributed by atoms with E-state index >= 15 is 0 Å². The fraction of sp³-hybridized carbons (Fsp3) is 0.800. The van der Waals surface area contributed by atoms with Crippen LogP contribution >= 0.6 is 0 Å². The van der Waals surface area contributed by atoms with Gasteiger partial charge in [-0.15, -0.1) is 0 Å². The number of piperidine rings is 1. The van der Waals surface area contributed by atoms with Crippen LogP contribution < -0.4 is 0 Å². The fourth-order valence-corrected chi connectivity index (χ4v) is 2.08. The average molecular weight is 248 g/mol. The molecule has 0 radical (unpaired) electrons. The summed E-state index contributed by atoms with van der Waals surface area (Å²) in [7, 11) is 1.78. The molecule has 17 heavy (non-hydrogen) atoms. The van der Waals surface area contributed by atoms with Crippen LogP contribution in [0.15, 0.2) is 6.33 Å². The number of rotatable bonds is 2. The van der Waals surface area contributed by atoms with Crippen LogP contribution in [0.3, 0.4) is 0 Å². The van der Waals surface area contributed by atoms with E-state index < -0.39 is 12.1 Å². The molecule has 4 nitrogen and oxygen atoms in total. The summed E-state index contributed by atoms with van der Waals surface area (Å²) in [5.41, 5.74) is 0. The van der Waals surface area contributed by atoms with Crippen LogP contribution in [0.4, 0.5) is 13.2 Å². The van der Waals surface area contributed by atoms with E-state index in [4.69, 9.17) is 0 Å². The molecule has 0 aromatic carbocycles. The second kappa shape index (κ2) is 4.64. The lowest BCUT2D eigenvalue weighted by Crippen LogP contribution is -2.39. The maximum atomic E-state index is 12.5. The molecule has 1 aliphatic heterocycles. The molecular formula is C10H15F3N4. The number of aromatic nitrogens is 3. The molecule has 0 aliphatic carbocycles. The van der Waals surface area contributed by atoms with Crippen molar-refractivity contribution >= 4 is 0 Å². The summed E-state index contributed by atoms with van der Waals surface area (Å²) in [5, 5.41) is 3.94. The smallest absolute Gasteiger partial charge is 0.296 e. The van der Waals surface area contributed by atoms with Crippen molar-refractivity contribution in [2.45, 2.75) is 25.6 Å². The third kappa shape index (κ3) is 2.96. The van der Waals surface area contributed by atoms with Crippen LogP contribution in [-0.2, 0) is 13.6 Å². The molecule has 0 atom stereocenters. The van der Waals surface area contributed by atoms with Crippen molar-refractivity contribution < 1.29 is 13.2 Å². The van der Waals surface area contributed by atoms with Gasteiger partial charge in [-0.05, 0) is 25.9 Å². The molecular weight excluding hydrogens is 233 g/mol. The van der Waals surface area contributed by atoms with Crippen molar-refractivity contribution in [3.05, 3.63) is 12.2 Å². The Bertz CT molecular complexity index is 366. The van der Waals surface area contributed by atoms with Crippen LogP contribution in [-0.4, -0.2) is 38.9 Å². The summed E-state index contributed by atoms with van der Waals surface area (Å²) in [4.78, 5) is 6.06. The van der Waals surface area contributed by atoms with E-state index in [1.165, 1.54) is 6.33 Å². The van der Waals surface area contributed by atoms with Crippen LogP contribution in [0.2, 0.25) is 0 Å². The van der Waals surface area contributed by atoms with Gasteiger partial charge >= 0.3 is 6.18 Å². The summed E-state index contributed by atoms with van der Waals surface area (Å²) in [5.74, 6) is -0.353. The van der Waals surface area contributed by atoms with Crippen molar-refractivity contribution in [1.29, 1.82) is 0 Å². The second-order valence-electron chi connectivity index (χ2n) is 4.39. The second-order valence-corrected chi connectivity index (χ2v) is 4.39. The van der Waals surface area contributed by atoms with Gasteiger partial charge in [-0.25, -0.2) is 4.98 Å². The molecule has 1 aromatic heterocycles. The minimum absolute atomic E-state index is 0.182. The van der Waals surface area contributed by atoms with Crippen molar-refractivity contribution in [3.8, 4) is 0 Å². The molecule has 1 fully saturated rings. The summed E-state index contributed by atoms with van der Waals surface area (Å²) in [6.07, 6.45) is -2.22. The van der Waals surface area contributed by atoms with Gasteiger partial charge in [0.15, 0.2) is 0 Å². The third-order valence-corrected chi connectivity index (χ3v) is 3.22. The molecule has 1 aromatic rings. The molecule has 0 saturated carbocycles. The molecule has 0 unspecified atom stereocenters. The van der Waals surface area contributed by atoms with Crippen molar-refractivity contribution in [1.82, 2.24) is 19.7 Å². The SMILES string of the molecule is Cn1ncnc1CN1CCC(C(F)(F)F)CC1. The van der Waals surface area contributed by atoms with E-state index in [9.17, 15) is 13.2 Å². The zero-order chi connectivity index (χ0) is 12.5. The Hall–Kier alpha value is -1.11. The number of halogens is 3. The first-order chi connectivity index (χ1) is 7.97. The van der Waals surface area contributed by atoms with E-state index in [-0.39, 0.29) is 12.8 Å². The number of likely N-dealkylation sites (tertiary alicyclic amines) is 1. The predicted molar refractivity (Wildman–Crippen MR) is 55.1 cm³/mol. The standard InChI is InChI=1S/C10H15F3N4/c1-16-9(14-7-15-16)6-17-4-2-8(3-5-17)10(11,12)13/h7-8H,2-6H2,1H3. The van der Waals surface area contributed by atoms with Crippen LogP contribution in [0, 0.1) is 5.92 Å². The Morgan fingerprint density at radius 1 is 1.35 bits per heavy atom. The molecule has 2 rings (SSSR count). The number of hydrogen-bond donors (Lipinski definition) is 0. The molecule has 1 aliphatic rings. The Kier molecular flexibility index (Phi) is 3.37. The molecule has 0 N–H and O–H groups in total. The van der Waals surface area contributed by atoms with Crippen molar-refractivity contribution in [3.63, 3.8) is 0 Å². The quantitative estimate of drug-likeness (QED) is 0.797. The highest BCUT2D eigenvalue weighted by Gasteiger charge is 2.41. The normalized spacial score (nSPS) is 19.8. The van der Waals surface area contributed by atoms with Gasteiger partial charge in [0.05, 0.1) is 12.5 Å². The Morgan fingerprint density at radius 2 is 2.00 bits per heavy atom. The summed E-state index contributed by atoms with van der Waals surface area (Å²) < 4.78 is 39.0. The molecule has 7 heteroatoms. The molecule has 0 bridgehead atoms. The van der Waals surface area contributed by atoms with E-state index in [2.05, 4.69) is 10.1 Å². The average Bonchev–Trinajstić information content (AvgIpc) is 2.64. The van der Waals surface area contributed by atoms with Crippen LogP contribution in [0.25, 0.3) is 0 Å². The lowest BCUT2D eigenvalue weighted by molar-refractivity contribution is -0.185. The van der Waals surface area contributed by atoms with Crippen LogP contribution in [0.1, 0.15) is 18.7 Å². The predicted octanol–water partition coefficient (Wildman–Crippen LogP) is 1.59. The van der Waals surface area contributed by atoms with Crippen LogP contribution in [0.5, 0.6) is 0 Å².